The van der Waals surface area contributed by atoms with Gasteiger partial charge in [0, 0.05) is 0 Å². The summed E-state index contributed by atoms with van der Waals surface area (Å²) in [5, 5.41) is 0. The molecule has 0 radical (unpaired) electrons. The van der Waals surface area contributed by atoms with E-state index in [1.807, 2.05) is 0 Å². The van der Waals surface area contributed by atoms with Gasteiger partial charge in [0.15, 0.2) is 0 Å². The molecule has 1 saturated heterocycles. The molecule has 0 aromatic rings. The van der Waals surface area contributed by atoms with Crippen molar-refractivity contribution in [3.63, 3.8) is 0 Å². The van der Waals surface area contributed by atoms with Gasteiger partial charge >= 0.3 is 0 Å². The monoisotopic (exact) mass is 262 g/mol. The van der Waals surface area contributed by atoms with Crippen LogP contribution >= 0.6 is 18.8 Å². The van der Waals surface area contributed by atoms with E-state index >= 15 is 0 Å². The number of rotatable bonds is 0. The van der Waals surface area contributed by atoms with Gasteiger partial charge in [0.25, 0.3) is 0 Å². The number of carbonyl (C=O) groups is 1. The van der Waals surface area contributed by atoms with Crippen molar-refractivity contribution >= 4 is 24.7 Å². The van der Waals surface area contributed by atoms with Crippen LogP contribution < -0.4 is 0 Å². The van der Waals surface area contributed by atoms with Crippen molar-refractivity contribution in [3.05, 3.63) is 0 Å². The van der Waals surface area contributed by atoms with E-state index in [-0.39, 0.29) is 28.9 Å². The molecule has 0 N–H and O–H groups in total. The third-order valence-electron chi connectivity index (χ3n) is 2.93. The largest absolute Gasteiger partial charge is 0.309 e. The normalized spacial score (nSPS) is 29.0. The zero-order valence-corrected chi connectivity index (χ0v) is 13.4. The van der Waals surface area contributed by atoms with Gasteiger partial charge in [-0.3, -0.25) is 9.46 Å². The van der Waals surface area contributed by atoms with Crippen LogP contribution in [0.25, 0.3) is 0 Å². The van der Waals surface area contributed by atoms with Crippen LogP contribution in [0, 0.1) is 10.8 Å². The third kappa shape index (κ3) is 2.42. The van der Waals surface area contributed by atoms with Gasteiger partial charge in [-0.2, -0.15) is 0 Å². The first-order chi connectivity index (χ1) is 6.98. The second kappa shape index (κ2) is 4.19. The Hall–Kier alpha value is 0.290. The van der Waals surface area contributed by atoms with Crippen LogP contribution in [0.4, 0.5) is 0 Å². The Morgan fingerprint density at radius 2 is 1.44 bits per heavy atom. The fourth-order valence-corrected chi connectivity index (χ4v) is 4.42. The molecular formula is C11H24N2OP2. The van der Waals surface area contributed by atoms with E-state index in [0.717, 1.165) is 0 Å². The molecule has 1 aliphatic rings. The molecule has 94 valence electrons. The van der Waals surface area contributed by atoms with Crippen LogP contribution in [-0.2, 0) is 4.79 Å². The Bertz CT molecular complexity index is 293. The lowest BCUT2D eigenvalue weighted by Gasteiger charge is -2.38. The highest BCUT2D eigenvalue weighted by Gasteiger charge is 2.51. The molecule has 5 heteroatoms. The molecule has 1 amide bonds. The second-order valence-electron chi connectivity index (χ2n) is 6.70. The molecule has 0 saturated carbocycles. The smallest absolute Gasteiger partial charge is 0.244 e. The lowest BCUT2D eigenvalue weighted by Crippen LogP contribution is -2.44. The summed E-state index contributed by atoms with van der Waals surface area (Å²) in [7, 11) is 5.30. The minimum Gasteiger partial charge on any atom is -0.309 e. The van der Waals surface area contributed by atoms with Gasteiger partial charge in [-0.1, -0.05) is 50.9 Å². The highest BCUT2D eigenvalue weighted by molar-refractivity contribution is 7.16. The number of hydrogen-bond acceptors (Lipinski definition) is 2. The molecule has 16 heavy (non-hydrogen) atoms. The predicted molar refractivity (Wildman–Crippen MR) is 74.6 cm³/mol. The van der Waals surface area contributed by atoms with Crippen molar-refractivity contribution in [1.29, 1.82) is 0 Å². The second-order valence-corrected chi connectivity index (χ2v) is 7.85. The summed E-state index contributed by atoms with van der Waals surface area (Å²) in [6.45, 7) is 12.8. The molecule has 4 unspecified atom stereocenters. The van der Waals surface area contributed by atoms with Crippen LogP contribution in [0.3, 0.4) is 0 Å². The Balaban J connectivity index is 3.09. The first-order valence-electron chi connectivity index (χ1n) is 5.58. The zero-order valence-electron chi connectivity index (χ0n) is 11.1. The van der Waals surface area contributed by atoms with Crippen LogP contribution in [0.2, 0.25) is 0 Å². The summed E-state index contributed by atoms with van der Waals surface area (Å²) in [6.07, 6.45) is 0.110. The predicted octanol–water partition coefficient (Wildman–Crippen LogP) is 2.50. The van der Waals surface area contributed by atoms with Crippen LogP contribution in [0.5, 0.6) is 0 Å². The van der Waals surface area contributed by atoms with E-state index in [1.165, 1.54) is 0 Å². The van der Waals surface area contributed by atoms with Gasteiger partial charge < -0.3 is 4.67 Å². The van der Waals surface area contributed by atoms with E-state index in [0.29, 0.717) is 0 Å². The molecular weight excluding hydrogens is 238 g/mol. The first kappa shape index (κ1) is 14.4. The lowest BCUT2D eigenvalue weighted by atomic mass is 9.86. The van der Waals surface area contributed by atoms with Crippen molar-refractivity contribution in [2.45, 2.75) is 53.8 Å². The maximum Gasteiger partial charge on any atom is 0.244 e. The van der Waals surface area contributed by atoms with E-state index in [2.05, 4.69) is 65.0 Å². The summed E-state index contributed by atoms with van der Waals surface area (Å²) < 4.78 is 3.91. The van der Waals surface area contributed by atoms with Crippen molar-refractivity contribution in [2.75, 3.05) is 0 Å². The van der Waals surface area contributed by atoms with Crippen LogP contribution in [0.15, 0.2) is 0 Å². The lowest BCUT2D eigenvalue weighted by molar-refractivity contribution is -0.127. The molecule has 0 aromatic carbocycles. The number of amides is 1. The van der Waals surface area contributed by atoms with Crippen LogP contribution in [0.1, 0.15) is 41.5 Å². The Morgan fingerprint density at radius 1 is 1.00 bits per heavy atom. The Morgan fingerprint density at radius 3 is 1.62 bits per heavy atom. The SMILES string of the molecule is CC(C)(C)C1C(=O)N(P)C(C(C)(C)C)N1P. The standard InChI is InChI=1S/C11H24N2OP2/c1-10(2,3)7-8(14)13(16)9(12(7)15)11(4,5)6/h7,9H,15-16H2,1-6H3. The average Bonchev–Trinajstić information content (AvgIpc) is 2.19. The van der Waals surface area contributed by atoms with Crippen molar-refractivity contribution < 1.29 is 4.79 Å². The maximum absolute atomic E-state index is 12.3. The molecule has 1 heterocycles. The third-order valence-corrected chi connectivity index (χ3v) is 4.04. The highest BCUT2D eigenvalue weighted by Crippen LogP contribution is 2.43. The quantitative estimate of drug-likeness (QED) is 0.626. The molecule has 0 aromatic heterocycles. The fourth-order valence-electron chi connectivity index (χ4n) is 2.36. The van der Waals surface area contributed by atoms with Crippen LogP contribution in [-0.4, -0.2) is 27.5 Å². The van der Waals surface area contributed by atoms with E-state index in [4.69, 9.17) is 0 Å². The van der Waals surface area contributed by atoms with Crippen molar-refractivity contribution in [3.8, 4) is 0 Å². The summed E-state index contributed by atoms with van der Waals surface area (Å²) in [4.78, 5) is 12.3. The molecule has 1 rings (SSSR count). The first-order valence-corrected chi connectivity index (χ1v) is 6.62. The summed E-state index contributed by atoms with van der Waals surface area (Å²) in [5.41, 5.74) is -0.00713. The molecule has 1 aliphatic heterocycles. The summed E-state index contributed by atoms with van der Waals surface area (Å²) in [6, 6.07) is -0.0702. The molecule has 0 aliphatic carbocycles. The molecule has 3 nitrogen and oxygen atoms in total. The topological polar surface area (TPSA) is 23.6 Å². The Kier molecular flexibility index (Phi) is 3.76. The van der Waals surface area contributed by atoms with E-state index in [1.54, 1.807) is 4.67 Å². The highest BCUT2D eigenvalue weighted by atomic mass is 31.0. The summed E-state index contributed by atoms with van der Waals surface area (Å²) >= 11 is 0. The number of nitrogens with zero attached hydrogens (tertiary/aromatic N) is 2. The van der Waals surface area contributed by atoms with Gasteiger partial charge in [-0.25, -0.2) is 0 Å². The van der Waals surface area contributed by atoms with E-state index < -0.39 is 0 Å². The van der Waals surface area contributed by atoms with Gasteiger partial charge in [0.2, 0.25) is 5.91 Å². The summed E-state index contributed by atoms with van der Waals surface area (Å²) in [5.74, 6) is 0.187. The van der Waals surface area contributed by atoms with Crippen molar-refractivity contribution in [2.24, 2.45) is 10.8 Å². The van der Waals surface area contributed by atoms with Crippen molar-refractivity contribution in [1.82, 2.24) is 9.34 Å². The maximum atomic E-state index is 12.3. The van der Waals surface area contributed by atoms with E-state index in [9.17, 15) is 4.79 Å². The fraction of sp³-hybridized carbons (Fsp3) is 0.909. The zero-order chi connectivity index (χ0) is 12.9. The molecule has 0 spiro atoms. The van der Waals surface area contributed by atoms with Gasteiger partial charge in [0.1, 0.15) is 0 Å². The molecule has 4 atom stereocenters. The average molecular weight is 262 g/mol. The van der Waals surface area contributed by atoms with Gasteiger partial charge in [-0.15, -0.1) is 0 Å². The molecule has 0 bridgehead atoms. The number of carbonyl (C=O) groups excluding carboxylic acids is 1. The Labute approximate surface area is 104 Å². The molecule has 1 fully saturated rings. The minimum atomic E-state index is -0.0702. The minimum absolute atomic E-state index is 0.0408. The number of hydrogen-bond donors (Lipinski definition) is 0. The van der Waals surface area contributed by atoms with Gasteiger partial charge in [-0.05, 0) is 20.2 Å². The van der Waals surface area contributed by atoms with Gasteiger partial charge in [0.05, 0.1) is 12.2 Å².